The highest BCUT2D eigenvalue weighted by Gasteiger charge is 2.52. The van der Waals surface area contributed by atoms with Crippen LogP contribution in [0.25, 0.3) is 0 Å². The van der Waals surface area contributed by atoms with E-state index >= 15 is 0 Å². The summed E-state index contributed by atoms with van der Waals surface area (Å²) in [5.41, 5.74) is 0.536. The van der Waals surface area contributed by atoms with Crippen molar-refractivity contribution in [3.05, 3.63) is 24.8 Å². The highest BCUT2D eigenvalue weighted by Crippen LogP contribution is 2.54. The monoisotopic (exact) mass is 234 g/mol. The molecule has 1 heterocycles. The number of ether oxygens (including phenoxy) is 1. The maximum Gasteiger partial charge on any atom is 0.0687 e. The SMILES string of the molecule is C=CCC1OC(CC)(CC)CC12CC=CCC2. The molecule has 2 rings (SSSR count). The molecule has 2 unspecified atom stereocenters. The second-order valence-corrected chi connectivity index (χ2v) is 5.77. The Morgan fingerprint density at radius 2 is 2.12 bits per heavy atom. The molecule has 1 fully saturated rings. The molecule has 0 amide bonds. The van der Waals surface area contributed by atoms with Crippen LogP contribution in [-0.2, 0) is 4.74 Å². The van der Waals surface area contributed by atoms with Gasteiger partial charge in [0.2, 0.25) is 0 Å². The van der Waals surface area contributed by atoms with Crippen LogP contribution in [0.15, 0.2) is 24.8 Å². The van der Waals surface area contributed by atoms with Crippen molar-refractivity contribution < 1.29 is 4.74 Å². The van der Waals surface area contributed by atoms with E-state index < -0.39 is 0 Å². The molecule has 1 aliphatic carbocycles. The lowest BCUT2D eigenvalue weighted by Crippen LogP contribution is -2.31. The zero-order chi connectivity index (χ0) is 12.4. The minimum absolute atomic E-state index is 0.138. The minimum Gasteiger partial charge on any atom is -0.371 e. The fourth-order valence-electron chi connectivity index (χ4n) is 3.70. The zero-order valence-corrected chi connectivity index (χ0v) is 11.4. The van der Waals surface area contributed by atoms with Crippen LogP contribution in [0.2, 0.25) is 0 Å². The topological polar surface area (TPSA) is 9.23 Å². The highest BCUT2D eigenvalue weighted by molar-refractivity contribution is 5.09. The maximum atomic E-state index is 6.48. The van der Waals surface area contributed by atoms with E-state index in [0.29, 0.717) is 11.5 Å². The third-order valence-electron chi connectivity index (χ3n) is 4.92. The van der Waals surface area contributed by atoms with Crippen LogP contribution >= 0.6 is 0 Å². The fraction of sp³-hybridized carbons (Fsp3) is 0.750. The first-order valence-corrected chi connectivity index (χ1v) is 7.14. The minimum atomic E-state index is 0.138. The van der Waals surface area contributed by atoms with E-state index in [4.69, 9.17) is 4.74 Å². The molecule has 0 radical (unpaired) electrons. The van der Waals surface area contributed by atoms with E-state index in [9.17, 15) is 0 Å². The molecule has 17 heavy (non-hydrogen) atoms. The van der Waals surface area contributed by atoms with Gasteiger partial charge in [0.15, 0.2) is 0 Å². The quantitative estimate of drug-likeness (QED) is 0.644. The van der Waals surface area contributed by atoms with Gasteiger partial charge in [0.1, 0.15) is 0 Å². The van der Waals surface area contributed by atoms with Crippen molar-refractivity contribution >= 4 is 0 Å². The van der Waals surface area contributed by atoms with Crippen molar-refractivity contribution in [2.45, 2.75) is 70.5 Å². The van der Waals surface area contributed by atoms with Crippen molar-refractivity contribution in [1.29, 1.82) is 0 Å². The molecule has 2 atom stereocenters. The predicted octanol–water partition coefficient (Wildman–Crippen LogP) is 4.64. The Labute approximate surface area is 106 Å². The summed E-state index contributed by atoms with van der Waals surface area (Å²) in [5.74, 6) is 0. The number of rotatable bonds is 4. The predicted molar refractivity (Wildman–Crippen MR) is 73.0 cm³/mol. The third-order valence-corrected chi connectivity index (χ3v) is 4.92. The van der Waals surface area contributed by atoms with Crippen molar-refractivity contribution in [1.82, 2.24) is 0 Å². The van der Waals surface area contributed by atoms with Gasteiger partial charge in [0, 0.05) is 5.41 Å². The number of allylic oxidation sites excluding steroid dienone is 2. The molecule has 0 aromatic rings. The number of hydrogen-bond acceptors (Lipinski definition) is 1. The maximum absolute atomic E-state index is 6.48. The van der Waals surface area contributed by atoms with Gasteiger partial charge in [-0.2, -0.15) is 0 Å². The van der Waals surface area contributed by atoms with Crippen molar-refractivity contribution in [2.75, 3.05) is 0 Å². The van der Waals surface area contributed by atoms with E-state index in [2.05, 4.69) is 32.6 Å². The molecule has 2 aliphatic rings. The van der Waals surface area contributed by atoms with Gasteiger partial charge >= 0.3 is 0 Å². The van der Waals surface area contributed by atoms with Gasteiger partial charge < -0.3 is 4.74 Å². The summed E-state index contributed by atoms with van der Waals surface area (Å²) in [5, 5.41) is 0. The summed E-state index contributed by atoms with van der Waals surface area (Å²) in [6.45, 7) is 8.44. The second-order valence-electron chi connectivity index (χ2n) is 5.77. The average molecular weight is 234 g/mol. The van der Waals surface area contributed by atoms with E-state index in [1.807, 2.05) is 6.08 Å². The van der Waals surface area contributed by atoms with Gasteiger partial charge in [-0.25, -0.2) is 0 Å². The normalized spacial score (nSPS) is 35.3. The fourth-order valence-corrected chi connectivity index (χ4v) is 3.70. The van der Waals surface area contributed by atoms with Crippen LogP contribution in [0, 0.1) is 5.41 Å². The molecule has 1 nitrogen and oxygen atoms in total. The lowest BCUT2D eigenvalue weighted by atomic mass is 9.67. The van der Waals surface area contributed by atoms with Gasteiger partial charge in [-0.1, -0.05) is 32.1 Å². The Morgan fingerprint density at radius 1 is 1.35 bits per heavy atom. The smallest absolute Gasteiger partial charge is 0.0687 e. The lowest BCUT2D eigenvalue weighted by Gasteiger charge is -2.35. The van der Waals surface area contributed by atoms with Crippen LogP contribution in [0.1, 0.15) is 58.8 Å². The molecule has 0 saturated carbocycles. The zero-order valence-electron chi connectivity index (χ0n) is 11.4. The first-order valence-electron chi connectivity index (χ1n) is 7.14. The van der Waals surface area contributed by atoms with E-state index in [0.717, 1.165) is 19.3 Å². The molecule has 1 saturated heterocycles. The second kappa shape index (κ2) is 4.97. The largest absolute Gasteiger partial charge is 0.371 e. The van der Waals surface area contributed by atoms with Crippen LogP contribution in [0.5, 0.6) is 0 Å². The Morgan fingerprint density at radius 3 is 2.65 bits per heavy atom. The van der Waals surface area contributed by atoms with Crippen molar-refractivity contribution in [3.63, 3.8) is 0 Å². The molecule has 1 aliphatic heterocycles. The summed E-state index contributed by atoms with van der Waals surface area (Å²) >= 11 is 0. The molecule has 0 aromatic carbocycles. The van der Waals surface area contributed by atoms with Crippen molar-refractivity contribution in [2.24, 2.45) is 5.41 Å². The lowest BCUT2D eigenvalue weighted by molar-refractivity contribution is -0.0569. The Bertz CT molecular complexity index is 301. The van der Waals surface area contributed by atoms with Gasteiger partial charge in [-0.3, -0.25) is 0 Å². The summed E-state index contributed by atoms with van der Waals surface area (Å²) < 4.78 is 6.48. The van der Waals surface area contributed by atoms with Gasteiger partial charge in [0.05, 0.1) is 11.7 Å². The summed E-state index contributed by atoms with van der Waals surface area (Å²) in [6.07, 6.45) is 15.4. The summed E-state index contributed by atoms with van der Waals surface area (Å²) in [4.78, 5) is 0. The van der Waals surface area contributed by atoms with Crippen LogP contribution in [-0.4, -0.2) is 11.7 Å². The van der Waals surface area contributed by atoms with E-state index in [1.165, 1.54) is 25.7 Å². The first-order chi connectivity index (χ1) is 8.20. The molecular weight excluding hydrogens is 208 g/mol. The Hall–Kier alpha value is -0.560. The highest BCUT2D eigenvalue weighted by atomic mass is 16.5. The van der Waals surface area contributed by atoms with Gasteiger partial charge in [-0.15, -0.1) is 6.58 Å². The standard InChI is InChI=1S/C16H26O/c1-4-10-14-15(11-8-7-9-12-15)13-16(5-2,6-3)17-14/h4,7-8,14H,1,5-6,9-13H2,2-3H3. The van der Waals surface area contributed by atoms with Crippen LogP contribution in [0.3, 0.4) is 0 Å². The Kier molecular flexibility index (Phi) is 3.77. The van der Waals surface area contributed by atoms with E-state index in [-0.39, 0.29) is 5.60 Å². The average Bonchev–Trinajstić information content (AvgIpc) is 2.66. The molecular formula is C16H26O. The molecule has 96 valence electrons. The molecule has 0 aromatic heterocycles. The van der Waals surface area contributed by atoms with Gasteiger partial charge in [0.25, 0.3) is 0 Å². The first kappa shape index (κ1) is 12.9. The molecule has 1 spiro atoms. The molecule has 0 bridgehead atoms. The summed E-state index contributed by atoms with van der Waals surface area (Å²) in [6, 6.07) is 0. The van der Waals surface area contributed by atoms with Crippen LogP contribution in [0.4, 0.5) is 0 Å². The van der Waals surface area contributed by atoms with Gasteiger partial charge in [-0.05, 0) is 44.9 Å². The van der Waals surface area contributed by atoms with E-state index in [1.54, 1.807) is 0 Å². The number of hydrogen-bond donors (Lipinski definition) is 0. The molecule has 1 heteroatoms. The third kappa shape index (κ3) is 2.22. The summed E-state index contributed by atoms with van der Waals surface area (Å²) in [7, 11) is 0. The van der Waals surface area contributed by atoms with Crippen LogP contribution < -0.4 is 0 Å². The Balaban J connectivity index is 2.23. The molecule has 0 N–H and O–H groups in total. The van der Waals surface area contributed by atoms with Crippen molar-refractivity contribution in [3.8, 4) is 0 Å².